The molecule has 3 aromatic heterocycles. The fourth-order valence-corrected chi connectivity index (χ4v) is 6.42. The van der Waals surface area contributed by atoms with Crippen LogP contribution in [0, 0.1) is 27.1 Å². The fourth-order valence-electron chi connectivity index (χ4n) is 6.42. The summed E-state index contributed by atoms with van der Waals surface area (Å²) in [6.45, 7) is 19.9. The maximum Gasteiger partial charge on any atom is 0.268 e. The average molecular weight is 633 g/mol. The molecule has 0 bridgehead atoms. The monoisotopic (exact) mass is 632 g/mol. The van der Waals surface area contributed by atoms with Gasteiger partial charge in [0.05, 0.1) is 22.4 Å². The molecule has 0 unspecified atom stereocenters. The highest BCUT2D eigenvalue weighted by atomic mass is 16.5. The maximum atomic E-state index is 6.72. The largest absolute Gasteiger partial charge is 0.458 e. The summed E-state index contributed by atoms with van der Waals surface area (Å²) in [7, 11) is 0. The van der Waals surface area contributed by atoms with E-state index in [1.807, 2.05) is 10.8 Å². The third kappa shape index (κ3) is 5.79. The van der Waals surface area contributed by atoms with Gasteiger partial charge in [-0.25, -0.2) is 4.98 Å². The van der Waals surface area contributed by atoms with Crippen LogP contribution in [-0.4, -0.2) is 14.1 Å². The molecule has 0 saturated carbocycles. The summed E-state index contributed by atoms with van der Waals surface area (Å²) in [4.78, 5) is 4.85. The van der Waals surface area contributed by atoms with Crippen LogP contribution in [0.15, 0.2) is 104 Å². The maximum absolute atomic E-state index is 6.72. The van der Waals surface area contributed by atoms with Crippen LogP contribution in [0.2, 0.25) is 0 Å². The third-order valence-electron chi connectivity index (χ3n) is 9.41. The van der Waals surface area contributed by atoms with E-state index in [0.717, 1.165) is 45.1 Å². The van der Waals surface area contributed by atoms with E-state index in [4.69, 9.17) is 9.72 Å². The number of hydrogen-bond acceptors (Lipinski definition) is 2. The smallest absolute Gasteiger partial charge is 0.268 e. The molecule has 0 spiro atoms. The molecular formula is C43H44N4O. The second kappa shape index (κ2) is 11.5. The van der Waals surface area contributed by atoms with Gasteiger partial charge >= 0.3 is 0 Å². The van der Waals surface area contributed by atoms with Crippen LogP contribution in [0.1, 0.15) is 69.4 Å². The lowest BCUT2D eigenvalue weighted by Crippen LogP contribution is -2.29. The van der Waals surface area contributed by atoms with Gasteiger partial charge in [0.15, 0.2) is 0 Å². The summed E-state index contributed by atoms with van der Waals surface area (Å²) in [6, 6.07) is 30.2. The van der Waals surface area contributed by atoms with Crippen molar-refractivity contribution in [2.75, 3.05) is 0 Å². The minimum Gasteiger partial charge on any atom is -0.458 e. The first kappa shape index (κ1) is 31.4. The molecule has 4 aromatic carbocycles. The Hall–Kier alpha value is -5.16. The quantitative estimate of drug-likeness (QED) is 0.140. The van der Waals surface area contributed by atoms with Crippen molar-refractivity contribution < 1.29 is 9.30 Å². The highest BCUT2D eigenvalue weighted by molar-refractivity contribution is 6.09. The molecule has 0 amide bonds. The van der Waals surface area contributed by atoms with Gasteiger partial charge in [-0.2, -0.15) is 0 Å². The molecule has 0 radical (unpaired) electrons. The van der Waals surface area contributed by atoms with E-state index in [2.05, 4.69) is 175 Å². The van der Waals surface area contributed by atoms with Crippen LogP contribution in [-0.2, 0) is 10.8 Å². The highest BCUT2D eigenvalue weighted by Gasteiger charge is 2.20. The number of ether oxygens (including phenoxy) is 1. The highest BCUT2D eigenvalue weighted by Crippen LogP contribution is 2.37. The zero-order valence-corrected chi connectivity index (χ0v) is 29.5. The Kier molecular flexibility index (Phi) is 7.54. The average Bonchev–Trinajstić information content (AvgIpc) is 3.65. The number of aryl methyl sites for hydroxylation is 3. The molecule has 0 aliphatic heterocycles. The second-order valence-electron chi connectivity index (χ2n) is 15.1. The molecular weight excluding hydrogens is 589 g/mol. The summed E-state index contributed by atoms with van der Waals surface area (Å²) >= 11 is 0. The number of imidazole rings is 1. The zero-order chi connectivity index (χ0) is 34.0. The molecule has 0 saturated heterocycles. The lowest BCUT2D eigenvalue weighted by Gasteiger charge is -2.22. The predicted octanol–water partition coefficient (Wildman–Crippen LogP) is 10.4. The van der Waals surface area contributed by atoms with Gasteiger partial charge in [0, 0.05) is 35.4 Å². The van der Waals surface area contributed by atoms with Crippen LogP contribution in [0.5, 0.6) is 11.5 Å². The van der Waals surface area contributed by atoms with Crippen molar-refractivity contribution in [1.82, 2.24) is 14.1 Å². The second-order valence-corrected chi connectivity index (χ2v) is 15.1. The molecule has 0 N–H and O–H groups in total. The van der Waals surface area contributed by atoms with E-state index in [1.165, 1.54) is 33.2 Å². The summed E-state index contributed by atoms with van der Waals surface area (Å²) < 4.78 is 13.1. The number of nitrogens with zero attached hydrogens (tertiary/aromatic N) is 4. The van der Waals surface area contributed by atoms with Crippen molar-refractivity contribution in [2.24, 2.45) is 0 Å². The predicted molar refractivity (Wildman–Crippen MR) is 196 cm³/mol. The van der Waals surface area contributed by atoms with E-state index >= 15 is 0 Å². The van der Waals surface area contributed by atoms with E-state index in [0.29, 0.717) is 0 Å². The summed E-state index contributed by atoms with van der Waals surface area (Å²) in [5, 5.41) is 2.35. The van der Waals surface area contributed by atoms with Crippen molar-refractivity contribution in [2.45, 2.75) is 73.1 Å². The molecule has 48 heavy (non-hydrogen) atoms. The van der Waals surface area contributed by atoms with Crippen molar-refractivity contribution in [3.8, 4) is 28.7 Å². The van der Waals surface area contributed by atoms with Crippen molar-refractivity contribution >= 4 is 21.8 Å². The zero-order valence-electron chi connectivity index (χ0n) is 29.5. The summed E-state index contributed by atoms with van der Waals surface area (Å²) in [6.07, 6.45) is 9.59. The lowest BCUT2D eigenvalue weighted by atomic mass is 9.86. The van der Waals surface area contributed by atoms with Crippen LogP contribution in [0.4, 0.5) is 0 Å². The number of fused-ring (bicyclic) bond motifs is 3. The number of para-hydroxylation sites is 1. The Labute approximate surface area is 284 Å². The van der Waals surface area contributed by atoms with Gasteiger partial charge < -0.3 is 4.74 Å². The Morgan fingerprint density at radius 1 is 0.667 bits per heavy atom. The van der Waals surface area contributed by atoms with E-state index in [-0.39, 0.29) is 10.8 Å². The Balaban J connectivity index is 1.32. The number of pyridine rings is 1. The first-order valence-corrected chi connectivity index (χ1v) is 16.7. The molecule has 0 aliphatic carbocycles. The Morgan fingerprint density at radius 3 is 2.17 bits per heavy atom. The minimum atomic E-state index is -0.0813. The number of hydrogen-bond donors (Lipinski definition) is 0. The van der Waals surface area contributed by atoms with Gasteiger partial charge in [0.2, 0.25) is 0 Å². The molecule has 242 valence electrons. The van der Waals surface area contributed by atoms with Gasteiger partial charge in [-0.15, -0.1) is 0 Å². The lowest BCUT2D eigenvalue weighted by molar-refractivity contribution is -0.599. The SMILES string of the molecule is Cc1cc(C)c(-[n+]2[c-]n(-c3cc(Oc4ccc5c6ccccc6n(-c6cc(C(C)(C)C)ccn6)c5c4)cc(C(C)(C)C)c3)cc2)cc1C. The van der Waals surface area contributed by atoms with Gasteiger partial charge in [-0.05, 0) is 108 Å². The molecule has 0 fully saturated rings. The first-order valence-electron chi connectivity index (χ1n) is 16.7. The van der Waals surface area contributed by atoms with Crippen LogP contribution in [0.25, 0.3) is 39.0 Å². The molecule has 5 nitrogen and oxygen atoms in total. The molecule has 3 heterocycles. The number of aromatic nitrogens is 4. The Bertz CT molecular complexity index is 2320. The Morgan fingerprint density at radius 2 is 1.40 bits per heavy atom. The number of benzene rings is 4. The molecule has 7 aromatic rings. The summed E-state index contributed by atoms with van der Waals surface area (Å²) in [5.74, 6) is 2.45. The first-order chi connectivity index (χ1) is 22.8. The van der Waals surface area contributed by atoms with Gasteiger partial charge in [-0.1, -0.05) is 71.4 Å². The fraction of sp³-hybridized carbons (Fsp3) is 0.256. The van der Waals surface area contributed by atoms with Gasteiger partial charge in [-0.3, -0.25) is 13.7 Å². The van der Waals surface area contributed by atoms with Crippen molar-refractivity contribution in [1.29, 1.82) is 0 Å². The third-order valence-corrected chi connectivity index (χ3v) is 9.41. The molecule has 7 rings (SSSR count). The minimum absolute atomic E-state index is 0.00876. The van der Waals surface area contributed by atoms with Crippen molar-refractivity contribution in [3.63, 3.8) is 0 Å². The van der Waals surface area contributed by atoms with Gasteiger partial charge in [0.25, 0.3) is 6.33 Å². The van der Waals surface area contributed by atoms with Crippen LogP contribution < -0.4 is 9.30 Å². The molecule has 5 heteroatoms. The van der Waals surface area contributed by atoms with Crippen LogP contribution in [0.3, 0.4) is 0 Å². The van der Waals surface area contributed by atoms with Crippen LogP contribution >= 0.6 is 0 Å². The van der Waals surface area contributed by atoms with E-state index in [9.17, 15) is 0 Å². The molecule has 0 atom stereocenters. The molecule has 0 aliphatic rings. The standard InChI is InChI=1S/C43H44N4O/c1-28-20-30(3)39(21-29(28)2)46-19-18-45(27-46)33-22-32(43(7,8)9)23-35(25-33)48-34-14-15-37-36-12-10-11-13-38(36)47(40(37)26-34)41-24-31(16-17-44-41)42(4,5)6/h10-26H,1-9H3. The topological polar surface area (TPSA) is 35.9 Å². The van der Waals surface area contributed by atoms with E-state index in [1.54, 1.807) is 0 Å². The van der Waals surface area contributed by atoms with Gasteiger partial charge in [0.1, 0.15) is 17.3 Å². The normalized spacial score (nSPS) is 12.3. The number of rotatable bonds is 5. The summed E-state index contributed by atoms with van der Waals surface area (Å²) in [5.41, 5.74) is 10.4. The van der Waals surface area contributed by atoms with Crippen molar-refractivity contribution in [3.05, 3.63) is 138 Å². The van der Waals surface area contributed by atoms with E-state index < -0.39 is 0 Å².